The molecule has 0 unspecified atom stereocenters. The Morgan fingerprint density at radius 2 is 1.86 bits per heavy atom. The Labute approximate surface area is 167 Å². The number of fused-ring (bicyclic) bond motifs is 1. The van der Waals surface area contributed by atoms with E-state index < -0.39 is 0 Å². The number of aryl methyl sites for hydroxylation is 2. The molecule has 2 heterocycles. The average Bonchev–Trinajstić information content (AvgIpc) is 3.16. The zero-order valence-electron chi connectivity index (χ0n) is 17.1. The third kappa shape index (κ3) is 4.08. The van der Waals surface area contributed by atoms with Gasteiger partial charge in [0.2, 0.25) is 0 Å². The predicted octanol–water partition coefficient (Wildman–Crippen LogP) is 4.84. The first-order chi connectivity index (χ1) is 13.6. The van der Waals surface area contributed by atoms with Crippen LogP contribution in [0.5, 0.6) is 5.75 Å². The zero-order chi connectivity index (χ0) is 19.6. The third-order valence-corrected chi connectivity index (χ3v) is 6.05. The Bertz CT molecular complexity index is 939. The molecule has 1 aliphatic heterocycles. The van der Waals surface area contributed by atoms with Crippen LogP contribution >= 0.6 is 0 Å². The van der Waals surface area contributed by atoms with E-state index in [0.29, 0.717) is 6.61 Å². The van der Waals surface area contributed by atoms with Crippen molar-refractivity contribution >= 4 is 10.9 Å². The van der Waals surface area contributed by atoms with E-state index in [4.69, 9.17) is 9.47 Å². The fourth-order valence-corrected chi connectivity index (χ4v) is 4.16. The molecule has 1 aliphatic rings. The molecule has 0 aliphatic carbocycles. The molecule has 0 bridgehead atoms. The number of aromatic amines is 1. The minimum absolute atomic E-state index is 0.196. The lowest BCUT2D eigenvalue weighted by Gasteiger charge is -2.40. The Balaban J connectivity index is 1.35. The summed E-state index contributed by atoms with van der Waals surface area (Å²) in [6.07, 6.45) is 3.97. The van der Waals surface area contributed by atoms with Crippen LogP contribution in [0.3, 0.4) is 0 Å². The van der Waals surface area contributed by atoms with Crippen molar-refractivity contribution in [2.45, 2.75) is 38.8 Å². The van der Waals surface area contributed by atoms with E-state index in [-0.39, 0.29) is 5.60 Å². The largest absolute Gasteiger partial charge is 0.490 e. The molecule has 1 aromatic heterocycles. The fourth-order valence-electron chi connectivity index (χ4n) is 4.16. The van der Waals surface area contributed by atoms with Crippen LogP contribution in [0.1, 0.15) is 29.5 Å². The molecule has 0 spiro atoms. The summed E-state index contributed by atoms with van der Waals surface area (Å²) in [5.41, 5.74) is 4.81. The SMILES string of the molecule is COC1(COc2ccc(C)cc2C)CCN(Cc2ccc3[nH]ccc3c2)CC1. The van der Waals surface area contributed by atoms with Gasteiger partial charge in [0.1, 0.15) is 18.0 Å². The second-order valence-corrected chi connectivity index (χ2v) is 8.12. The summed E-state index contributed by atoms with van der Waals surface area (Å²) >= 11 is 0. The highest BCUT2D eigenvalue weighted by molar-refractivity contribution is 5.79. The van der Waals surface area contributed by atoms with Crippen molar-refractivity contribution in [3.8, 4) is 5.75 Å². The maximum atomic E-state index is 6.17. The topological polar surface area (TPSA) is 37.5 Å². The number of nitrogens with one attached hydrogen (secondary N) is 1. The van der Waals surface area contributed by atoms with Gasteiger partial charge >= 0.3 is 0 Å². The molecule has 0 atom stereocenters. The second-order valence-electron chi connectivity index (χ2n) is 8.12. The first-order valence-corrected chi connectivity index (χ1v) is 10.1. The first kappa shape index (κ1) is 19.0. The number of ether oxygens (including phenoxy) is 2. The summed E-state index contributed by atoms with van der Waals surface area (Å²) in [6.45, 7) is 7.85. The number of rotatable bonds is 6. The average molecular weight is 379 g/mol. The van der Waals surface area contributed by atoms with E-state index >= 15 is 0 Å². The van der Waals surface area contributed by atoms with E-state index in [1.165, 1.54) is 27.6 Å². The van der Waals surface area contributed by atoms with Crippen LogP contribution in [0, 0.1) is 13.8 Å². The number of piperidine rings is 1. The summed E-state index contributed by atoms with van der Waals surface area (Å²) < 4.78 is 12.1. The molecule has 1 N–H and O–H groups in total. The highest BCUT2D eigenvalue weighted by Gasteiger charge is 2.35. The number of methoxy groups -OCH3 is 1. The predicted molar refractivity (Wildman–Crippen MR) is 114 cm³/mol. The second kappa shape index (κ2) is 7.98. The lowest BCUT2D eigenvalue weighted by atomic mass is 9.91. The van der Waals surface area contributed by atoms with Crippen molar-refractivity contribution in [1.29, 1.82) is 0 Å². The highest BCUT2D eigenvalue weighted by atomic mass is 16.5. The maximum absolute atomic E-state index is 6.17. The van der Waals surface area contributed by atoms with Gasteiger partial charge in [-0.15, -0.1) is 0 Å². The van der Waals surface area contributed by atoms with Crippen LogP contribution in [-0.2, 0) is 11.3 Å². The van der Waals surface area contributed by atoms with Crippen molar-refractivity contribution in [1.82, 2.24) is 9.88 Å². The van der Waals surface area contributed by atoms with Gasteiger partial charge in [0.25, 0.3) is 0 Å². The standard InChI is InChI=1S/C24H30N2O2/c1-18-4-7-23(19(2)14-18)28-17-24(27-3)9-12-26(13-10-24)16-20-5-6-22-21(15-20)8-11-25-22/h4-8,11,14-15,25H,9-10,12-13,16-17H2,1-3H3. The molecule has 0 saturated carbocycles. The fraction of sp³-hybridized carbons (Fsp3) is 0.417. The summed E-state index contributed by atoms with van der Waals surface area (Å²) in [4.78, 5) is 5.78. The minimum atomic E-state index is -0.196. The minimum Gasteiger partial charge on any atom is -0.490 e. The molecule has 3 aromatic rings. The summed E-state index contributed by atoms with van der Waals surface area (Å²) in [6, 6.07) is 15.2. The van der Waals surface area contributed by atoms with Crippen molar-refractivity contribution in [2.75, 3.05) is 26.8 Å². The van der Waals surface area contributed by atoms with Crippen LogP contribution in [0.15, 0.2) is 48.7 Å². The van der Waals surface area contributed by atoms with Crippen molar-refractivity contribution in [3.05, 3.63) is 65.4 Å². The van der Waals surface area contributed by atoms with Gasteiger partial charge in [-0.05, 0) is 67.5 Å². The summed E-state index contributed by atoms with van der Waals surface area (Å²) in [5, 5.41) is 1.28. The van der Waals surface area contributed by atoms with Gasteiger partial charge in [0.05, 0.1) is 0 Å². The number of hydrogen-bond donors (Lipinski definition) is 1. The highest BCUT2D eigenvalue weighted by Crippen LogP contribution is 2.29. The summed E-state index contributed by atoms with van der Waals surface area (Å²) in [7, 11) is 1.82. The monoisotopic (exact) mass is 378 g/mol. The number of H-pyrrole nitrogens is 1. The van der Waals surface area contributed by atoms with Gasteiger partial charge in [0, 0.05) is 38.5 Å². The van der Waals surface area contributed by atoms with Gasteiger partial charge in [0.15, 0.2) is 0 Å². The Kier molecular flexibility index (Phi) is 5.42. The molecule has 148 valence electrons. The normalized spacial score (nSPS) is 17.1. The van der Waals surface area contributed by atoms with Gasteiger partial charge in [-0.1, -0.05) is 23.8 Å². The third-order valence-electron chi connectivity index (χ3n) is 6.05. The van der Waals surface area contributed by atoms with Crippen molar-refractivity contribution in [2.24, 2.45) is 0 Å². The molecule has 4 heteroatoms. The van der Waals surface area contributed by atoms with E-state index in [1.807, 2.05) is 13.3 Å². The number of nitrogens with zero attached hydrogens (tertiary/aromatic N) is 1. The molecule has 4 rings (SSSR count). The number of benzene rings is 2. The lowest BCUT2D eigenvalue weighted by molar-refractivity contribution is -0.0840. The van der Waals surface area contributed by atoms with E-state index in [1.54, 1.807) is 0 Å². The van der Waals surface area contributed by atoms with Crippen molar-refractivity contribution < 1.29 is 9.47 Å². The van der Waals surface area contributed by atoms with Gasteiger partial charge in [-0.25, -0.2) is 0 Å². The van der Waals surface area contributed by atoms with Gasteiger partial charge in [-0.2, -0.15) is 0 Å². The molecule has 4 nitrogen and oxygen atoms in total. The van der Waals surface area contributed by atoms with E-state index in [2.05, 4.69) is 66.2 Å². The molecular formula is C24H30N2O2. The number of hydrogen-bond acceptors (Lipinski definition) is 3. The van der Waals surface area contributed by atoms with Crippen LogP contribution in [0.4, 0.5) is 0 Å². The lowest BCUT2D eigenvalue weighted by Crippen LogP contribution is -2.48. The Hall–Kier alpha value is -2.30. The Morgan fingerprint density at radius 1 is 1.04 bits per heavy atom. The molecule has 28 heavy (non-hydrogen) atoms. The summed E-state index contributed by atoms with van der Waals surface area (Å²) in [5.74, 6) is 0.962. The van der Waals surface area contributed by atoms with E-state index in [9.17, 15) is 0 Å². The van der Waals surface area contributed by atoms with Gasteiger partial charge in [-0.3, -0.25) is 4.90 Å². The maximum Gasteiger partial charge on any atom is 0.122 e. The van der Waals surface area contributed by atoms with E-state index in [0.717, 1.165) is 38.2 Å². The van der Waals surface area contributed by atoms with Crippen LogP contribution in [-0.4, -0.2) is 42.3 Å². The van der Waals surface area contributed by atoms with Crippen molar-refractivity contribution in [3.63, 3.8) is 0 Å². The Morgan fingerprint density at radius 3 is 2.61 bits per heavy atom. The molecule has 2 aromatic carbocycles. The molecule has 0 amide bonds. The van der Waals surface area contributed by atoms with Gasteiger partial charge < -0.3 is 14.5 Å². The molecular weight excluding hydrogens is 348 g/mol. The molecule has 1 saturated heterocycles. The number of aromatic nitrogens is 1. The molecule has 0 radical (unpaired) electrons. The van der Waals surface area contributed by atoms with Crippen LogP contribution in [0.25, 0.3) is 10.9 Å². The smallest absolute Gasteiger partial charge is 0.122 e. The number of likely N-dealkylation sites (tertiary alicyclic amines) is 1. The van der Waals surface area contributed by atoms with Crippen LogP contribution < -0.4 is 4.74 Å². The first-order valence-electron chi connectivity index (χ1n) is 10.1. The quantitative estimate of drug-likeness (QED) is 0.667. The zero-order valence-corrected chi connectivity index (χ0v) is 17.1. The molecule has 1 fully saturated rings. The van der Waals surface area contributed by atoms with Crippen LogP contribution in [0.2, 0.25) is 0 Å².